The SMILES string of the molecule is Cc1sc(NC(=O)C2CC2)c(C(=O)OCCCC(=O)c2ccc(F)cc2)c1C. The van der Waals surface area contributed by atoms with Gasteiger partial charge in [-0.05, 0) is 62.9 Å². The lowest BCUT2D eigenvalue weighted by molar-refractivity contribution is -0.117. The Balaban J connectivity index is 1.53. The molecule has 1 aromatic carbocycles. The van der Waals surface area contributed by atoms with E-state index in [1.165, 1.54) is 35.6 Å². The van der Waals surface area contributed by atoms with E-state index in [1.807, 2.05) is 13.8 Å². The molecule has 3 rings (SSSR count). The molecule has 1 amide bonds. The average molecular weight is 403 g/mol. The van der Waals surface area contributed by atoms with E-state index in [0.29, 0.717) is 22.5 Å². The van der Waals surface area contributed by atoms with Crippen molar-refractivity contribution < 1.29 is 23.5 Å². The molecule has 0 radical (unpaired) electrons. The molecule has 28 heavy (non-hydrogen) atoms. The van der Waals surface area contributed by atoms with Crippen molar-refractivity contribution in [3.63, 3.8) is 0 Å². The standard InChI is InChI=1S/C21H22FNO4S/c1-12-13(2)28-20(23-19(25)15-5-6-15)18(12)21(26)27-11-3-4-17(24)14-7-9-16(22)10-8-14/h7-10,15H,3-6,11H2,1-2H3,(H,23,25). The third kappa shape index (κ3) is 4.84. The fraction of sp³-hybridized carbons (Fsp3) is 0.381. The van der Waals surface area contributed by atoms with Crippen LogP contribution in [0.5, 0.6) is 0 Å². The van der Waals surface area contributed by atoms with Crippen LogP contribution in [0.1, 0.15) is 56.8 Å². The predicted molar refractivity (Wildman–Crippen MR) is 105 cm³/mol. The van der Waals surface area contributed by atoms with Gasteiger partial charge in [0.25, 0.3) is 0 Å². The number of halogens is 1. The molecule has 0 atom stereocenters. The van der Waals surface area contributed by atoms with Gasteiger partial charge in [-0.25, -0.2) is 9.18 Å². The maximum absolute atomic E-state index is 12.9. The summed E-state index contributed by atoms with van der Waals surface area (Å²) in [5.41, 5.74) is 1.62. The fourth-order valence-corrected chi connectivity index (χ4v) is 3.82. The van der Waals surface area contributed by atoms with Crippen LogP contribution in [0.2, 0.25) is 0 Å². The van der Waals surface area contributed by atoms with Crippen LogP contribution in [0.4, 0.5) is 9.39 Å². The lowest BCUT2D eigenvalue weighted by atomic mass is 10.1. The first-order valence-corrected chi connectivity index (χ1v) is 10.0. The predicted octanol–water partition coefficient (Wildman–Crippen LogP) is 4.67. The van der Waals surface area contributed by atoms with Gasteiger partial charge in [0.05, 0.1) is 12.2 Å². The zero-order chi connectivity index (χ0) is 20.3. The summed E-state index contributed by atoms with van der Waals surface area (Å²) in [6.07, 6.45) is 2.34. The number of thiophene rings is 1. The third-order valence-electron chi connectivity index (χ3n) is 4.72. The smallest absolute Gasteiger partial charge is 0.341 e. The minimum atomic E-state index is -0.498. The highest BCUT2D eigenvalue weighted by molar-refractivity contribution is 7.16. The molecule has 1 N–H and O–H groups in total. The number of hydrogen-bond donors (Lipinski definition) is 1. The van der Waals surface area contributed by atoms with Gasteiger partial charge in [0, 0.05) is 22.8 Å². The van der Waals surface area contributed by atoms with Gasteiger partial charge in [0.15, 0.2) is 5.78 Å². The summed E-state index contributed by atoms with van der Waals surface area (Å²) >= 11 is 1.37. The molecule has 7 heteroatoms. The molecule has 2 aromatic rings. The number of amides is 1. The van der Waals surface area contributed by atoms with Crippen molar-refractivity contribution in [2.45, 2.75) is 39.5 Å². The van der Waals surface area contributed by atoms with Crippen LogP contribution in [-0.2, 0) is 9.53 Å². The number of ether oxygens (including phenoxy) is 1. The summed E-state index contributed by atoms with van der Waals surface area (Å²) in [5, 5.41) is 3.37. The number of hydrogen-bond acceptors (Lipinski definition) is 5. The molecule has 0 saturated heterocycles. The number of esters is 1. The normalized spacial score (nSPS) is 13.2. The van der Waals surface area contributed by atoms with Crippen molar-refractivity contribution in [1.29, 1.82) is 0 Å². The summed E-state index contributed by atoms with van der Waals surface area (Å²) in [6, 6.07) is 5.37. The molecule has 1 aliphatic carbocycles. The van der Waals surface area contributed by atoms with Crippen molar-refractivity contribution in [1.82, 2.24) is 0 Å². The van der Waals surface area contributed by atoms with E-state index in [2.05, 4.69) is 5.32 Å². The number of rotatable bonds is 8. The van der Waals surface area contributed by atoms with Crippen molar-refractivity contribution >= 4 is 34.0 Å². The topological polar surface area (TPSA) is 72.5 Å². The number of Topliss-reactive ketones (excluding diaryl/α,β-unsaturated/α-hetero) is 1. The van der Waals surface area contributed by atoms with Gasteiger partial charge in [-0.15, -0.1) is 11.3 Å². The molecule has 1 aliphatic rings. The first kappa shape index (κ1) is 20.2. The highest BCUT2D eigenvalue weighted by atomic mass is 32.1. The summed E-state index contributed by atoms with van der Waals surface area (Å²) in [5.74, 6) is -1.03. The lowest BCUT2D eigenvalue weighted by Crippen LogP contribution is -2.16. The number of anilines is 1. The van der Waals surface area contributed by atoms with Gasteiger partial charge < -0.3 is 10.1 Å². The average Bonchev–Trinajstić information content (AvgIpc) is 3.47. The first-order chi connectivity index (χ1) is 13.4. The Hall–Kier alpha value is -2.54. The van der Waals surface area contributed by atoms with Gasteiger partial charge in [-0.3, -0.25) is 9.59 Å². The molecule has 0 spiro atoms. The van der Waals surface area contributed by atoms with Gasteiger partial charge >= 0.3 is 5.97 Å². The second-order valence-electron chi connectivity index (χ2n) is 6.92. The minimum absolute atomic E-state index is 0.0454. The second kappa shape index (κ2) is 8.65. The summed E-state index contributed by atoms with van der Waals surface area (Å²) in [7, 11) is 0. The fourth-order valence-electron chi connectivity index (χ4n) is 2.77. The number of nitrogens with one attached hydrogen (secondary N) is 1. The molecule has 1 saturated carbocycles. The summed E-state index contributed by atoms with van der Waals surface area (Å²) in [4.78, 5) is 37.6. The second-order valence-corrected chi connectivity index (χ2v) is 8.15. The Labute approximate surface area is 166 Å². The largest absolute Gasteiger partial charge is 0.462 e. The molecule has 1 aromatic heterocycles. The van der Waals surface area contributed by atoms with Crippen LogP contribution in [0.3, 0.4) is 0 Å². The van der Waals surface area contributed by atoms with Crippen molar-refractivity contribution in [3.05, 3.63) is 51.7 Å². The van der Waals surface area contributed by atoms with Crippen molar-refractivity contribution in [2.24, 2.45) is 5.92 Å². The quantitative estimate of drug-likeness (QED) is 0.395. The molecule has 0 bridgehead atoms. The van der Waals surface area contributed by atoms with Gasteiger partial charge in [0.2, 0.25) is 5.91 Å². The zero-order valence-corrected chi connectivity index (χ0v) is 16.7. The number of benzene rings is 1. The molecular weight excluding hydrogens is 381 g/mol. The summed E-state index contributed by atoms with van der Waals surface area (Å²) in [6.45, 7) is 3.81. The Kier molecular flexibility index (Phi) is 6.24. The van der Waals surface area contributed by atoms with Crippen molar-refractivity contribution in [3.8, 4) is 0 Å². The van der Waals surface area contributed by atoms with Crippen molar-refractivity contribution in [2.75, 3.05) is 11.9 Å². The van der Waals surface area contributed by atoms with E-state index in [4.69, 9.17) is 4.74 Å². The highest BCUT2D eigenvalue weighted by Gasteiger charge is 2.31. The maximum Gasteiger partial charge on any atom is 0.341 e. The van der Waals surface area contributed by atoms with E-state index in [1.54, 1.807) is 0 Å². The Morgan fingerprint density at radius 2 is 1.86 bits per heavy atom. The van der Waals surface area contributed by atoms with E-state index in [9.17, 15) is 18.8 Å². The van der Waals surface area contributed by atoms with Gasteiger partial charge in [-0.2, -0.15) is 0 Å². The minimum Gasteiger partial charge on any atom is -0.462 e. The van der Waals surface area contributed by atoms with Crippen LogP contribution in [-0.4, -0.2) is 24.3 Å². The molecule has 0 aliphatic heterocycles. The Morgan fingerprint density at radius 1 is 1.18 bits per heavy atom. The highest BCUT2D eigenvalue weighted by Crippen LogP contribution is 2.36. The van der Waals surface area contributed by atoms with E-state index in [0.717, 1.165) is 23.3 Å². The molecule has 5 nitrogen and oxygen atoms in total. The van der Waals surface area contributed by atoms with Crippen LogP contribution < -0.4 is 5.32 Å². The number of ketones is 1. The number of carbonyl (C=O) groups is 3. The molecule has 1 fully saturated rings. The third-order valence-corrected chi connectivity index (χ3v) is 5.84. The number of carbonyl (C=O) groups excluding carboxylic acids is 3. The van der Waals surface area contributed by atoms with Gasteiger partial charge in [-0.1, -0.05) is 0 Å². The first-order valence-electron chi connectivity index (χ1n) is 9.23. The monoisotopic (exact) mass is 403 g/mol. The van der Waals surface area contributed by atoms with E-state index in [-0.39, 0.29) is 30.6 Å². The van der Waals surface area contributed by atoms with E-state index < -0.39 is 11.8 Å². The van der Waals surface area contributed by atoms with Crippen LogP contribution >= 0.6 is 11.3 Å². The Bertz CT molecular complexity index is 900. The molecule has 0 unspecified atom stereocenters. The van der Waals surface area contributed by atoms with Crippen LogP contribution in [0.15, 0.2) is 24.3 Å². The lowest BCUT2D eigenvalue weighted by Gasteiger charge is -2.08. The maximum atomic E-state index is 12.9. The van der Waals surface area contributed by atoms with Crippen LogP contribution in [0.25, 0.3) is 0 Å². The van der Waals surface area contributed by atoms with Gasteiger partial charge in [0.1, 0.15) is 10.8 Å². The number of aryl methyl sites for hydroxylation is 1. The molecular formula is C21H22FNO4S. The molecule has 148 valence electrons. The zero-order valence-electron chi connectivity index (χ0n) is 15.8. The van der Waals surface area contributed by atoms with E-state index >= 15 is 0 Å². The van der Waals surface area contributed by atoms with Crippen LogP contribution in [0, 0.1) is 25.6 Å². The Morgan fingerprint density at radius 3 is 2.50 bits per heavy atom. The molecule has 1 heterocycles. The summed E-state index contributed by atoms with van der Waals surface area (Å²) < 4.78 is 18.2.